The number of aromatic nitrogens is 1. The van der Waals surface area contributed by atoms with Crippen molar-refractivity contribution in [3.05, 3.63) is 29.3 Å². The Bertz CT molecular complexity index is 534. The fraction of sp³-hybridized carbons (Fsp3) is 0.429. The Kier molecular flexibility index (Phi) is 4.50. The van der Waals surface area contributed by atoms with Crippen LogP contribution in [0, 0.1) is 0 Å². The summed E-state index contributed by atoms with van der Waals surface area (Å²) >= 11 is 1.67. The number of amides is 1. The minimum Gasteiger partial charge on any atom is -0.345 e. The molecule has 0 radical (unpaired) electrons. The Morgan fingerprint density at radius 2 is 2.21 bits per heavy atom. The number of rotatable bonds is 5. The molecule has 1 aromatic carbocycles. The van der Waals surface area contributed by atoms with Crippen molar-refractivity contribution < 1.29 is 4.79 Å². The average Bonchev–Trinajstić information content (AvgIpc) is 2.87. The van der Waals surface area contributed by atoms with Crippen LogP contribution in [0.15, 0.2) is 24.3 Å². The van der Waals surface area contributed by atoms with E-state index in [-0.39, 0.29) is 11.9 Å². The molecule has 0 fully saturated rings. The number of fused-ring (bicyclic) bond motifs is 1. The van der Waals surface area contributed by atoms with Gasteiger partial charge >= 0.3 is 0 Å². The van der Waals surface area contributed by atoms with E-state index in [1.54, 1.807) is 16.2 Å². The summed E-state index contributed by atoms with van der Waals surface area (Å²) in [7, 11) is 1.81. The van der Waals surface area contributed by atoms with Crippen LogP contribution in [0.25, 0.3) is 10.2 Å². The Balaban J connectivity index is 2.00. The SMILES string of the molecule is CCN(C)C(=O)CNC(C)c1nc2ccccc2s1. The first-order chi connectivity index (χ1) is 9.11. The Labute approximate surface area is 117 Å². The quantitative estimate of drug-likeness (QED) is 0.913. The molecule has 102 valence electrons. The molecular formula is C14H19N3OS. The molecule has 0 aliphatic carbocycles. The van der Waals surface area contributed by atoms with Crippen LogP contribution in [0.2, 0.25) is 0 Å². The summed E-state index contributed by atoms with van der Waals surface area (Å²) in [6.07, 6.45) is 0. The minimum atomic E-state index is 0.0895. The molecule has 0 aliphatic rings. The van der Waals surface area contributed by atoms with E-state index in [9.17, 15) is 4.79 Å². The lowest BCUT2D eigenvalue weighted by molar-refractivity contribution is -0.128. The first-order valence-corrected chi connectivity index (χ1v) is 7.26. The second-order valence-electron chi connectivity index (χ2n) is 4.53. The summed E-state index contributed by atoms with van der Waals surface area (Å²) in [5.74, 6) is 0.107. The third-order valence-electron chi connectivity index (χ3n) is 3.14. The Morgan fingerprint density at radius 3 is 2.89 bits per heavy atom. The van der Waals surface area contributed by atoms with Crippen LogP contribution in [0.1, 0.15) is 24.9 Å². The molecule has 0 spiro atoms. The number of para-hydroxylation sites is 1. The van der Waals surface area contributed by atoms with E-state index in [1.807, 2.05) is 39.1 Å². The van der Waals surface area contributed by atoms with Crippen molar-refractivity contribution in [2.24, 2.45) is 0 Å². The van der Waals surface area contributed by atoms with Gasteiger partial charge in [0.05, 0.1) is 22.8 Å². The highest BCUT2D eigenvalue weighted by molar-refractivity contribution is 7.18. The molecule has 2 rings (SSSR count). The van der Waals surface area contributed by atoms with Crippen LogP contribution in [0.3, 0.4) is 0 Å². The summed E-state index contributed by atoms with van der Waals surface area (Å²) in [6, 6.07) is 8.18. The predicted molar refractivity (Wildman–Crippen MR) is 79.3 cm³/mol. The molecule has 1 atom stereocenters. The number of thiazole rings is 1. The first kappa shape index (κ1) is 14.0. The van der Waals surface area contributed by atoms with Gasteiger partial charge in [0.25, 0.3) is 0 Å². The number of nitrogens with zero attached hydrogens (tertiary/aromatic N) is 2. The monoisotopic (exact) mass is 277 g/mol. The predicted octanol–water partition coefficient (Wildman–Crippen LogP) is 2.43. The number of nitrogens with one attached hydrogen (secondary N) is 1. The van der Waals surface area contributed by atoms with Crippen molar-refractivity contribution in [2.75, 3.05) is 20.1 Å². The second-order valence-corrected chi connectivity index (χ2v) is 5.59. The maximum Gasteiger partial charge on any atom is 0.236 e. The zero-order chi connectivity index (χ0) is 13.8. The third-order valence-corrected chi connectivity index (χ3v) is 4.36. The lowest BCUT2D eigenvalue weighted by Gasteiger charge is -2.16. The van der Waals surface area contributed by atoms with Crippen molar-refractivity contribution in [2.45, 2.75) is 19.9 Å². The van der Waals surface area contributed by atoms with Gasteiger partial charge < -0.3 is 4.90 Å². The van der Waals surface area contributed by atoms with Gasteiger partial charge in [-0.15, -0.1) is 11.3 Å². The standard InChI is InChI=1S/C14H19N3OS/c1-4-17(3)13(18)9-15-10(2)14-16-11-7-5-6-8-12(11)19-14/h5-8,10,15H,4,9H2,1-3H3. The number of carbonyl (C=O) groups is 1. The summed E-state index contributed by atoms with van der Waals surface area (Å²) in [5.41, 5.74) is 1.02. The molecule has 1 unspecified atom stereocenters. The van der Waals surface area contributed by atoms with Crippen molar-refractivity contribution >= 4 is 27.5 Å². The molecule has 19 heavy (non-hydrogen) atoms. The van der Waals surface area contributed by atoms with E-state index in [4.69, 9.17) is 0 Å². The highest BCUT2D eigenvalue weighted by Crippen LogP contribution is 2.25. The van der Waals surface area contributed by atoms with Gasteiger partial charge in [0.1, 0.15) is 5.01 Å². The summed E-state index contributed by atoms with van der Waals surface area (Å²) in [4.78, 5) is 18.0. The van der Waals surface area contributed by atoms with Gasteiger partial charge in [-0.1, -0.05) is 12.1 Å². The van der Waals surface area contributed by atoms with E-state index in [2.05, 4.69) is 16.4 Å². The molecule has 5 heteroatoms. The van der Waals surface area contributed by atoms with E-state index < -0.39 is 0 Å². The van der Waals surface area contributed by atoms with Crippen molar-refractivity contribution in [3.63, 3.8) is 0 Å². The third kappa shape index (κ3) is 3.30. The van der Waals surface area contributed by atoms with E-state index in [0.717, 1.165) is 17.1 Å². The Hall–Kier alpha value is -1.46. The van der Waals surface area contributed by atoms with E-state index in [0.29, 0.717) is 6.54 Å². The number of hydrogen-bond donors (Lipinski definition) is 1. The largest absolute Gasteiger partial charge is 0.345 e. The molecule has 0 saturated carbocycles. The van der Waals surface area contributed by atoms with Crippen LogP contribution in [0.5, 0.6) is 0 Å². The minimum absolute atomic E-state index is 0.0895. The molecule has 1 N–H and O–H groups in total. The lowest BCUT2D eigenvalue weighted by atomic mass is 10.3. The van der Waals surface area contributed by atoms with Crippen LogP contribution in [0.4, 0.5) is 0 Å². The van der Waals surface area contributed by atoms with Gasteiger partial charge in [0, 0.05) is 13.6 Å². The smallest absolute Gasteiger partial charge is 0.236 e. The molecule has 1 amide bonds. The van der Waals surface area contributed by atoms with Gasteiger partial charge in [-0.2, -0.15) is 0 Å². The molecule has 4 nitrogen and oxygen atoms in total. The normalized spacial score (nSPS) is 12.6. The number of benzene rings is 1. The molecular weight excluding hydrogens is 258 g/mol. The molecule has 0 aliphatic heterocycles. The summed E-state index contributed by atoms with van der Waals surface area (Å²) in [5, 5.41) is 4.25. The lowest BCUT2D eigenvalue weighted by Crippen LogP contribution is -2.36. The molecule has 0 saturated heterocycles. The van der Waals surface area contributed by atoms with Crippen molar-refractivity contribution in [1.82, 2.24) is 15.2 Å². The van der Waals surface area contributed by atoms with Crippen LogP contribution >= 0.6 is 11.3 Å². The molecule has 1 heterocycles. The maximum absolute atomic E-state index is 11.7. The fourth-order valence-electron chi connectivity index (χ4n) is 1.71. The number of hydrogen-bond acceptors (Lipinski definition) is 4. The van der Waals surface area contributed by atoms with Gasteiger partial charge in [0.15, 0.2) is 0 Å². The van der Waals surface area contributed by atoms with Crippen LogP contribution in [-0.2, 0) is 4.79 Å². The Morgan fingerprint density at radius 1 is 1.47 bits per heavy atom. The topological polar surface area (TPSA) is 45.2 Å². The van der Waals surface area contributed by atoms with Crippen molar-refractivity contribution in [1.29, 1.82) is 0 Å². The average molecular weight is 277 g/mol. The van der Waals surface area contributed by atoms with E-state index in [1.165, 1.54) is 4.70 Å². The van der Waals surface area contributed by atoms with Gasteiger partial charge in [-0.3, -0.25) is 10.1 Å². The summed E-state index contributed by atoms with van der Waals surface area (Å²) in [6.45, 7) is 5.09. The maximum atomic E-state index is 11.7. The first-order valence-electron chi connectivity index (χ1n) is 6.44. The molecule has 0 bridgehead atoms. The zero-order valence-corrected chi connectivity index (χ0v) is 12.3. The summed E-state index contributed by atoms with van der Waals surface area (Å²) < 4.78 is 1.18. The van der Waals surface area contributed by atoms with Gasteiger partial charge in [-0.25, -0.2) is 4.98 Å². The highest BCUT2D eigenvalue weighted by Gasteiger charge is 2.13. The van der Waals surface area contributed by atoms with Gasteiger partial charge in [-0.05, 0) is 26.0 Å². The van der Waals surface area contributed by atoms with Gasteiger partial charge in [0.2, 0.25) is 5.91 Å². The van der Waals surface area contributed by atoms with E-state index >= 15 is 0 Å². The second kappa shape index (κ2) is 6.12. The van der Waals surface area contributed by atoms with Crippen LogP contribution in [-0.4, -0.2) is 35.9 Å². The molecule has 1 aromatic heterocycles. The van der Waals surface area contributed by atoms with Crippen molar-refractivity contribution in [3.8, 4) is 0 Å². The zero-order valence-electron chi connectivity index (χ0n) is 11.5. The molecule has 2 aromatic rings. The van der Waals surface area contributed by atoms with Crippen LogP contribution < -0.4 is 5.32 Å². The fourth-order valence-corrected chi connectivity index (χ4v) is 2.71. The number of carbonyl (C=O) groups excluding carboxylic acids is 1. The highest BCUT2D eigenvalue weighted by atomic mass is 32.1. The number of likely N-dealkylation sites (N-methyl/N-ethyl adjacent to an activating group) is 1.